The molecular formula is C16H30O3Si. The van der Waals surface area contributed by atoms with Gasteiger partial charge in [-0.05, 0) is 31.9 Å². The summed E-state index contributed by atoms with van der Waals surface area (Å²) in [5.41, 5.74) is 1.98. The van der Waals surface area contributed by atoms with E-state index in [-0.39, 0.29) is 0 Å². The molecule has 0 aliphatic rings. The van der Waals surface area contributed by atoms with Crippen LogP contribution in [-0.2, 0) is 13.3 Å². The maximum Gasteiger partial charge on any atom is 0.529 e. The smallest absolute Gasteiger partial charge is 0.370 e. The highest BCUT2D eigenvalue weighted by Crippen LogP contribution is 2.14. The van der Waals surface area contributed by atoms with E-state index in [9.17, 15) is 0 Å². The van der Waals surface area contributed by atoms with Crippen LogP contribution in [0.25, 0.3) is 0 Å². The molecule has 0 radical (unpaired) electrons. The van der Waals surface area contributed by atoms with Gasteiger partial charge < -0.3 is 13.3 Å². The van der Waals surface area contributed by atoms with Gasteiger partial charge in [-0.2, -0.15) is 0 Å². The summed E-state index contributed by atoms with van der Waals surface area (Å²) in [6.07, 6.45) is 12.8. The Labute approximate surface area is 125 Å². The quantitative estimate of drug-likeness (QED) is 0.394. The van der Waals surface area contributed by atoms with E-state index in [4.69, 9.17) is 13.3 Å². The van der Waals surface area contributed by atoms with Crippen molar-refractivity contribution in [2.24, 2.45) is 0 Å². The average Bonchev–Trinajstić information content (AvgIpc) is 2.48. The van der Waals surface area contributed by atoms with Gasteiger partial charge in [0.2, 0.25) is 0 Å². The predicted octanol–water partition coefficient (Wildman–Crippen LogP) is 4.43. The molecule has 0 unspecified atom stereocenters. The Bertz CT molecular complexity index is 276. The van der Waals surface area contributed by atoms with Crippen molar-refractivity contribution in [1.29, 1.82) is 0 Å². The lowest BCUT2D eigenvalue weighted by atomic mass is 10.4. The Morgan fingerprint density at radius 1 is 0.700 bits per heavy atom. The van der Waals surface area contributed by atoms with Crippen molar-refractivity contribution in [1.82, 2.24) is 0 Å². The zero-order chi connectivity index (χ0) is 15.1. The molecule has 0 atom stereocenters. The average molecular weight is 298 g/mol. The Balaban J connectivity index is 4.81. The van der Waals surface area contributed by atoms with Crippen LogP contribution in [0, 0.1) is 0 Å². The van der Waals surface area contributed by atoms with E-state index in [0.29, 0.717) is 19.8 Å². The molecule has 4 heteroatoms. The van der Waals surface area contributed by atoms with Crippen molar-refractivity contribution < 1.29 is 13.3 Å². The summed E-state index contributed by atoms with van der Waals surface area (Å²) in [6.45, 7) is 10.3. The third kappa shape index (κ3) is 9.26. The van der Waals surface area contributed by atoms with Gasteiger partial charge in [0.25, 0.3) is 0 Å². The molecule has 116 valence electrons. The van der Waals surface area contributed by atoms with E-state index in [1.807, 2.05) is 43.0 Å². The zero-order valence-electron chi connectivity index (χ0n) is 13.4. The van der Waals surface area contributed by atoms with Crippen molar-refractivity contribution in [3.63, 3.8) is 0 Å². The van der Waals surface area contributed by atoms with Crippen LogP contribution in [0.3, 0.4) is 0 Å². The van der Waals surface area contributed by atoms with Gasteiger partial charge in [-0.25, -0.2) is 0 Å². The third-order valence-corrected chi connectivity index (χ3v) is 4.77. The van der Waals surface area contributed by atoms with Gasteiger partial charge in [-0.1, -0.05) is 51.2 Å². The summed E-state index contributed by atoms with van der Waals surface area (Å²) in [6, 6.07) is 0. The number of hydrogen-bond donors (Lipinski definition) is 0. The summed E-state index contributed by atoms with van der Waals surface area (Å²) in [4.78, 5) is 0. The number of rotatable bonds is 12. The van der Waals surface area contributed by atoms with Crippen LogP contribution in [-0.4, -0.2) is 28.6 Å². The minimum absolute atomic E-state index is 0.669. The maximum atomic E-state index is 5.95. The molecular weight excluding hydrogens is 268 g/mol. The van der Waals surface area contributed by atoms with Gasteiger partial charge in [-0.15, -0.1) is 0 Å². The van der Waals surface area contributed by atoms with Crippen molar-refractivity contribution in [3.8, 4) is 0 Å². The minimum atomic E-state index is -2.67. The van der Waals surface area contributed by atoms with Gasteiger partial charge >= 0.3 is 8.80 Å². The fourth-order valence-corrected chi connectivity index (χ4v) is 3.77. The standard InChI is InChI=1S/C16H30O3Si/c1-5-9-10-11-12-16-20(17-13-6-2,18-14-7-3)19-15-8-4/h5,9-12,16H,6-8,13-15H2,1-4H3. The molecule has 0 aromatic rings. The molecule has 0 saturated heterocycles. The van der Waals surface area contributed by atoms with E-state index < -0.39 is 8.80 Å². The molecule has 3 nitrogen and oxygen atoms in total. The molecule has 0 aliphatic heterocycles. The molecule has 20 heavy (non-hydrogen) atoms. The lowest BCUT2D eigenvalue weighted by molar-refractivity contribution is 0.0716. The van der Waals surface area contributed by atoms with Crippen LogP contribution in [0.2, 0.25) is 0 Å². The Morgan fingerprint density at radius 3 is 1.55 bits per heavy atom. The Hall–Kier alpha value is -0.683. The zero-order valence-corrected chi connectivity index (χ0v) is 14.4. The van der Waals surface area contributed by atoms with Gasteiger partial charge in [-0.3, -0.25) is 0 Å². The van der Waals surface area contributed by atoms with Crippen LogP contribution in [0.1, 0.15) is 47.0 Å². The molecule has 0 aromatic heterocycles. The first-order chi connectivity index (χ1) is 9.74. The predicted molar refractivity (Wildman–Crippen MR) is 87.6 cm³/mol. The summed E-state index contributed by atoms with van der Waals surface area (Å²) in [5, 5.41) is 0. The summed E-state index contributed by atoms with van der Waals surface area (Å²) in [5.74, 6) is 0. The molecule has 0 N–H and O–H groups in total. The van der Waals surface area contributed by atoms with Crippen LogP contribution in [0.4, 0.5) is 0 Å². The molecule has 0 aliphatic carbocycles. The van der Waals surface area contributed by atoms with Crippen LogP contribution < -0.4 is 0 Å². The normalized spacial score (nSPS) is 13.2. The van der Waals surface area contributed by atoms with Crippen molar-refractivity contribution in [2.45, 2.75) is 47.0 Å². The molecule has 0 rings (SSSR count). The van der Waals surface area contributed by atoms with E-state index >= 15 is 0 Å². The van der Waals surface area contributed by atoms with Crippen LogP contribution in [0.5, 0.6) is 0 Å². The summed E-state index contributed by atoms with van der Waals surface area (Å²) in [7, 11) is -2.67. The second kappa shape index (κ2) is 13.3. The van der Waals surface area contributed by atoms with Crippen LogP contribution >= 0.6 is 0 Å². The second-order valence-electron chi connectivity index (χ2n) is 4.42. The Morgan fingerprint density at radius 2 is 1.15 bits per heavy atom. The molecule has 0 amide bonds. The fourth-order valence-electron chi connectivity index (χ4n) is 1.42. The summed E-state index contributed by atoms with van der Waals surface area (Å²) < 4.78 is 17.8. The largest absolute Gasteiger partial charge is 0.529 e. The minimum Gasteiger partial charge on any atom is -0.370 e. The lowest BCUT2D eigenvalue weighted by Crippen LogP contribution is -2.45. The highest BCUT2D eigenvalue weighted by Gasteiger charge is 2.37. The monoisotopic (exact) mass is 298 g/mol. The molecule has 0 spiro atoms. The maximum absolute atomic E-state index is 5.95. The first-order valence-corrected chi connectivity index (χ1v) is 9.43. The highest BCUT2D eigenvalue weighted by atomic mass is 28.4. The van der Waals surface area contributed by atoms with Crippen LogP contribution in [0.15, 0.2) is 36.1 Å². The first kappa shape index (κ1) is 19.3. The van der Waals surface area contributed by atoms with E-state index in [1.165, 1.54) is 0 Å². The van der Waals surface area contributed by atoms with Gasteiger partial charge in [0.15, 0.2) is 0 Å². The van der Waals surface area contributed by atoms with E-state index in [0.717, 1.165) is 19.3 Å². The first-order valence-electron chi connectivity index (χ1n) is 7.63. The number of allylic oxidation sites excluding steroid dienone is 5. The van der Waals surface area contributed by atoms with E-state index in [2.05, 4.69) is 20.8 Å². The van der Waals surface area contributed by atoms with Crippen molar-refractivity contribution in [2.75, 3.05) is 19.8 Å². The lowest BCUT2D eigenvalue weighted by Gasteiger charge is -2.26. The van der Waals surface area contributed by atoms with Crippen molar-refractivity contribution >= 4 is 8.80 Å². The van der Waals surface area contributed by atoms with Gasteiger partial charge in [0, 0.05) is 19.8 Å². The van der Waals surface area contributed by atoms with Gasteiger partial charge in [0.05, 0.1) is 0 Å². The molecule has 0 aromatic carbocycles. The summed E-state index contributed by atoms with van der Waals surface area (Å²) >= 11 is 0. The second-order valence-corrected chi connectivity index (χ2v) is 6.83. The fraction of sp³-hybridized carbons (Fsp3) is 0.625. The molecule has 0 fully saturated rings. The van der Waals surface area contributed by atoms with Crippen molar-refractivity contribution in [3.05, 3.63) is 36.1 Å². The third-order valence-electron chi connectivity index (χ3n) is 2.35. The number of hydrogen-bond acceptors (Lipinski definition) is 3. The molecule has 0 saturated carbocycles. The molecule has 0 heterocycles. The highest BCUT2D eigenvalue weighted by molar-refractivity contribution is 6.66. The Kier molecular flexibility index (Phi) is 12.9. The SMILES string of the molecule is CC=CC=CC=C[Si](OCCC)(OCCC)OCCC. The molecule has 0 bridgehead atoms. The van der Waals surface area contributed by atoms with Gasteiger partial charge in [0.1, 0.15) is 0 Å². The topological polar surface area (TPSA) is 27.7 Å². The van der Waals surface area contributed by atoms with E-state index in [1.54, 1.807) is 0 Å².